The van der Waals surface area contributed by atoms with Crippen molar-refractivity contribution in [2.75, 3.05) is 0 Å². The van der Waals surface area contributed by atoms with Crippen molar-refractivity contribution in [1.82, 2.24) is 19.5 Å². The van der Waals surface area contributed by atoms with E-state index in [1.807, 2.05) is 24.3 Å². The van der Waals surface area contributed by atoms with Gasteiger partial charge in [0.05, 0.1) is 11.0 Å². The Balaban J connectivity index is 1.17. The molecule has 256 valence electrons. The molecular formula is C51H32N4. The zero-order valence-electron chi connectivity index (χ0n) is 29.8. The van der Waals surface area contributed by atoms with Crippen molar-refractivity contribution in [2.45, 2.75) is 0 Å². The molecule has 0 saturated carbocycles. The van der Waals surface area contributed by atoms with Crippen LogP contribution in [0.2, 0.25) is 0 Å². The van der Waals surface area contributed by atoms with Crippen molar-refractivity contribution < 1.29 is 0 Å². The van der Waals surface area contributed by atoms with Crippen LogP contribution >= 0.6 is 0 Å². The normalized spacial score (nSPS) is 11.6. The molecule has 0 radical (unpaired) electrons. The molecule has 9 aromatic carbocycles. The summed E-state index contributed by atoms with van der Waals surface area (Å²) in [6.07, 6.45) is 0. The van der Waals surface area contributed by atoms with E-state index in [0.717, 1.165) is 49.6 Å². The Kier molecular flexibility index (Phi) is 7.14. The summed E-state index contributed by atoms with van der Waals surface area (Å²) in [6, 6.07) is 68.7. The van der Waals surface area contributed by atoms with E-state index < -0.39 is 0 Å². The molecule has 0 amide bonds. The van der Waals surface area contributed by atoms with E-state index in [4.69, 9.17) is 15.0 Å². The van der Waals surface area contributed by atoms with Crippen LogP contribution in [-0.4, -0.2) is 19.5 Å². The van der Waals surface area contributed by atoms with Gasteiger partial charge in [-0.2, -0.15) is 9.97 Å². The van der Waals surface area contributed by atoms with Crippen LogP contribution in [0.15, 0.2) is 194 Å². The first kappa shape index (κ1) is 31.1. The van der Waals surface area contributed by atoms with Crippen LogP contribution in [-0.2, 0) is 0 Å². The molecule has 0 fully saturated rings. The van der Waals surface area contributed by atoms with E-state index in [0.29, 0.717) is 17.6 Å². The maximum Gasteiger partial charge on any atom is 0.238 e. The lowest BCUT2D eigenvalue weighted by Crippen LogP contribution is -2.07. The standard InChI is InChI=1S/C51H32N4/c1-3-14-33(15-4-1)34-26-28-36(29-27-34)50-52-49(35-16-5-2-6-17-35)53-51(54-50)55-47-25-12-11-22-44(47)45-24-13-23-38(48(45)55)37-30-31-43-41-20-8-7-18-39(41)40-19-9-10-21-42(40)46(43)32-37/h1-32H. The molecule has 2 aromatic heterocycles. The molecule has 11 rings (SSSR count). The Morgan fingerprint density at radius 3 is 1.40 bits per heavy atom. The van der Waals surface area contributed by atoms with Gasteiger partial charge in [0.1, 0.15) is 0 Å². The predicted octanol–water partition coefficient (Wildman–Crippen LogP) is 13.1. The first-order valence-corrected chi connectivity index (χ1v) is 18.6. The highest BCUT2D eigenvalue weighted by molar-refractivity contribution is 6.26. The lowest BCUT2D eigenvalue weighted by molar-refractivity contribution is 0.954. The molecule has 4 nitrogen and oxygen atoms in total. The molecule has 0 N–H and O–H groups in total. The van der Waals surface area contributed by atoms with Gasteiger partial charge in [-0.25, -0.2) is 4.98 Å². The second-order valence-electron chi connectivity index (χ2n) is 14.0. The SMILES string of the molecule is c1ccc(-c2ccc(-c3nc(-c4ccccc4)nc(-n4c5ccccc5c5cccc(-c6ccc7c8ccccc8c8ccccc8c7c6)c54)n3)cc2)cc1. The lowest BCUT2D eigenvalue weighted by atomic mass is 9.91. The van der Waals surface area contributed by atoms with Gasteiger partial charge in [0.25, 0.3) is 0 Å². The highest BCUT2D eigenvalue weighted by Gasteiger charge is 2.21. The first-order chi connectivity index (χ1) is 27.3. The van der Waals surface area contributed by atoms with Crippen LogP contribution in [0.5, 0.6) is 0 Å². The molecule has 0 aliphatic rings. The zero-order valence-corrected chi connectivity index (χ0v) is 29.8. The number of para-hydroxylation sites is 2. The van der Waals surface area contributed by atoms with Crippen molar-refractivity contribution >= 4 is 54.1 Å². The molecule has 0 aliphatic heterocycles. The molecule has 0 saturated heterocycles. The third-order valence-electron chi connectivity index (χ3n) is 10.9. The Morgan fingerprint density at radius 2 is 0.745 bits per heavy atom. The highest BCUT2D eigenvalue weighted by Crippen LogP contribution is 2.41. The van der Waals surface area contributed by atoms with Crippen molar-refractivity contribution in [2.24, 2.45) is 0 Å². The van der Waals surface area contributed by atoms with E-state index in [2.05, 4.69) is 174 Å². The van der Waals surface area contributed by atoms with Gasteiger partial charge in [0, 0.05) is 27.5 Å². The van der Waals surface area contributed by atoms with Crippen molar-refractivity contribution in [1.29, 1.82) is 0 Å². The van der Waals surface area contributed by atoms with Crippen LogP contribution < -0.4 is 0 Å². The van der Waals surface area contributed by atoms with E-state index in [9.17, 15) is 0 Å². The third kappa shape index (κ3) is 5.11. The summed E-state index contributed by atoms with van der Waals surface area (Å²) in [5, 5.41) is 9.82. The first-order valence-electron chi connectivity index (χ1n) is 18.6. The van der Waals surface area contributed by atoms with Gasteiger partial charge in [-0.05, 0) is 61.1 Å². The van der Waals surface area contributed by atoms with Crippen molar-refractivity contribution in [3.63, 3.8) is 0 Å². The summed E-state index contributed by atoms with van der Waals surface area (Å²) in [5.74, 6) is 1.82. The molecular weight excluding hydrogens is 669 g/mol. The van der Waals surface area contributed by atoms with Crippen molar-refractivity contribution in [3.05, 3.63) is 194 Å². The van der Waals surface area contributed by atoms with Gasteiger partial charge >= 0.3 is 0 Å². The summed E-state index contributed by atoms with van der Waals surface area (Å²) in [6.45, 7) is 0. The summed E-state index contributed by atoms with van der Waals surface area (Å²) in [7, 11) is 0. The maximum atomic E-state index is 5.27. The van der Waals surface area contributed by atoms with E-state index >= 15 is 0 Å². The van der Waals surface area contributed by atoms with Crippen LogP contribution in [0.25, 0.3) is 105 Å². The van der Waals surface area contributed by atoms with E-state index in [-0.39, 0.29) is 0 Å². The lowest BCUT2D eigenvalue weighted by Gasteiger charge is -2.14. The number of hydrogen-bond donors (Lipinski definition) is 0. The summed E-state index contributed by atoms with van der Waals surface area (Å²) >= 11 is 0. The number of nitrogens with zero attached hydrogens (tertiary/aromatic N) is 4. The fourth-order valence-electron chi connectivity index (χ4n) is 8.29. The minimum Gasteiger partial charge on any atom is -0.277 e. The number of hydrogen-bond acceptors (Lipinski definition) is 3. The second-order valence-corrected chi connectivity index (χ2v) is 14.0. The molecule has 55 heavy (non-hydrogen) atoms. The Hall–Kier alpha value is -7.43. The molecule has 0 unspecified atom stereocenters. The zero-order chi connectivity index (χ0) is 36.3. The minimum atomic E-state index is 0.576. The van der Waals surface area contributed by atoms with Gasteiger partial charge in [-0.1, -0.05) is 182 Å². The maximum absolute atomic E-state index is 5.27. The molecule has 0 spiro atoms. The molecule has 0 bridgehead atoms. The van der Waals surface area contributed by atoms with Gasteiger partial charge in [0.2, 0.25) is 5.95 Å². The average molecular weight is 701 g/mol. The van der Waals surface area contributed by atoms with Gasteiger partial charge in [-0.3, -0.25) is 4.57 Å². The Morgan fingerprint density at radius 1 is 0.291 bits per heavy atom. The molecule has 11 aromatic rings. The van der Waals surface area contributed by atoms with Gasteiger partial charge in [-0.15, -0.1) is 0 Å². The Labute approximate surface area is 317 Å². The summed E-state index contributed by atoms with van der Waals surface area (Å²) < 4.78 is 2.23. The fraction of sp³-hybridized carbons (Fsp3) is 0. The minimum absolute atomic E-state index is 0.576. The summed E-state index contributed by atoms with van der Waals surface area (Å²) in [5.41, 5.74) is 8.52. The van der Waals surface area contributed by atoms with Crippen LogP contribution in [0.3, 0.4) is 0 Å². The number of aromatic nitrogens is 4. The molecule has 2 heterocycles. The molecule has 0 atom stereocenters. The number of fused-ring (bicyclic) bond motifs is 9. The monoisotopic (exact) mass is 700 g/mol. The van der Waals surface area contributed by atoms with Crippen LogP contribution in [0.1, 0.15) is 0 Å². The second kappa shape index (κ2) is 12.6. The molecule has 4 heteroatoms. The van der Waals surface area contributed by atoms with Crippen LogP contribution in [0.4, 0.5) is 0 Å². The smallest absolute Gasteiger partial charge is 0.238 e. The van der Waals surface area contributed by atoms with Gasteiger partial charge in [0.15, 0.2) is 11.6 Å². The topological polar surface area (TPSA) is 43.6 Å². The number of rotatable bonds is 5. The Bertz CT molecular complexity index is 3200. The van der Waals surface area contributed by atoms with Gasteiger partial charge < -0.3 is 0 Å². The van der Waals surface area contributed by atoms with E-state index in [1.54, 1.807) is 0 Å². The fourth-order valence-corrected chi connectivity index (χ4v) is 8.29. The largest absolute Gasteiger partial charge is 0.277 e. The van der Waals surface area contributed by atoms with E-state index in [1.165, 1.54) is 37.9 Å². The summed E-state index contributed by atoms with van der Waals surface area (Å²) in [4.78, 5) is 15.6. The van der Waals surface area contributed by atoms with Crippen molar-refractivity contribution in [3.8, 4) is 51.0 Å². The van der Waals surface area contributed by atoms with Crippen LogP contribution in [0, 0.1) is 0 Å². The quantitative estimate of drug-likeness (QED) is 0.168. The number of benzene rings is 9. The third-order valence-corrected chi connectivity index (χ3v) is 10.9. The highest BCUT2D eigenvalue weighted by atomic mass is 15.2. The average Bonchev–Trinajstić information content (AvgIpc) is 3.61. The predicted molar refractivity (Wildman–Crippen MR) is 228 cm³/mol. The molecule has 0 aliphatic carbocycles.